The Morgan fingerprint density at radius 2 is 2.45 bits per heavy atom. The van der Waals surface area contributed by atoms with Crippen molar-refractivity contribution in [2.75, 3.05) is 0 Å². The summed E-state index contributed by atoms with van der Waals surface area (Å²) in [5.74, 6) is 0. The molecule has 1 heterocycles. The molecular formula is C10H16O. The minimum atomic E-state index is 0.248. The lowest BCUT2D eigenvalue weighted by Gasteiger charge is -2.09. The molecular weight excluding hydrogens is 136 g/mol. The first-order valence-electron chi connectivity index (χ1n) is 4.22. The van der Waals surface area contributed by atoms with E-state index in [1.54, 1.807) is 0 Å². The Kier molecular flexibility index (Phi) is 2.89. The van der Waals surface area contributed by atoms with Crippen LogP contribution in [-0.2, 0) is 4.74 Å². The molecule has 1 fully saturated rings. The fourth-order valence-electron chi connectivity index (χ4n) is 1.41. The van der Waals surface area contributed by atoms with Crippen LogP contribution in [0.1, 0.15) is 26.2 Å². The van der Waals surface area contributed by atoms with Crippen LogP contribution in [0.3, 0.4) is 0 Å². The van der Waals surface area contributed by atoms with Gasteiger partial charge < -0.3 is 4.74 Å². The maximum atomic E-state index is 5.69. The summed E-state index contributed by atoms with van der Waals surface area (Å²) in [4.78, 5) is 0. The lowest BCUT2D eigenvalue weighted by Crippen LogP contribution is -2.09. The van der Waals surface area contributed by atoms with Gasteiger partial charge >= 0.3 is 0 Å². The van der Waals surface area contributed by atoms with E-state index in [2.05, 4.69) is 20.1 Å². The monoisotopic (exact) mass is 152 g/mol. The van der Waals surface area contributed by atoms with Gasteiger partial charge in [0.2, 0.25) is 0 Å². The van der Waals surface area contributed by atoms with Crippen LogP contribution in [0.4, 0.5) is 0 Å². The molecule has 11 heavy (non-hydrogen) atoms. The predicted octanol–water partition coefficient (Wildman–Crippen LogP) is 2.69. The van der Waals surface area contributed by atoms with E-state index >= 15 is 0 Å². The highest BCUT2D eigenvalue weighted by Crippen LogP contribution is 2.28. The average Bonchev–Trinajstić information content (AvgIpc) is 2.33. The SMILES string of the molecule is C=CC[C@@H]1O[C@@H](CC)CC1=C. The molecule has 62 valence electrons. The maximum Gasteiger partial charge on any atom is 0.0821 e. The van der Waals surface area contributed by atoms with Crippen molar-refractivity contribution in [1.29, 1.82) is 0 Å². The Morgan fingerprint density at radius 3 is 2.91 bits per heavy atom. The van der Waals surface area contributed by atoms with Crippen LogP contribution in [0.15, 0.2) is 24.8 Å². The molecule has 1 rings (SSSR count). The summed E-state index contributed by atoms with van der Waals surface area (Å²) in [7, 11) is 0. The molecule has 1 saturated heterocycles. The van der Waals surface area contributed by atoms with Gasteiger partial charge in [0, 0.05) is 0 Å². The highest BCUT2D eigenvalue weighted by Gasteiger charge is 2.25. The molecule has 0 amide bonds. The van der Waals surface area contributed by atoms with Crippen LogP contribution in [0.2, 0.25) is 0 Å². The second-order valence-electron chi connectivity index (χ2n) is 3.04. The highest BCUT2D eigenvalue weighted by atomic mass is 16.5. The van der Waals surface area contributed by atoms with Gasteiger partial charge in [0.15, 0.2) is 0 Å². The van der Waals surface area contributed by atoms with E-state index < -0.39 is 0 Å². The third-order valence-electron chi connectivity index (χ3n) is 2.14. The smallest absolute Gasteiger partial charge is 0.0821 e. The van der Waals surface area contributed by atoms with Gasteiger partial charge in [-0.1, -0.05) is 19.6 Å². The third-order valence-corrected chi connectivity index (χ3v) is 2.14. The molecule has 0 radical (unpaired) electrons. The lowest BCUT2D eigenvalue weighted by molar-refractivity contribution is 0.0523. The van der Waals surface area contributed by atoms with E-state index in [0.717, 1.165) is 19.3 Å². The van der Waals surface area contributed by atoms with Crippen LogP contribution in [-0.4, -0.2) is 12.2 Å². The van der Waals surface area contributed by atoms with Gasteiger partial charge in [-0.3, -0.25) is 0 Å². The van der Waals surface area contributed by atoms with E-state index in [0.29, 0.717) is 6.10 Å². The van der Waals surface area contributed by atoms with Gasteiger partial charge in [-0.25, -0.2) is 0 Å². The number of hydrogen-bond acceptors (Lipinski definition) is 1. The summed E-state index contributed by atoms with van der Waals surface area (Å²) in [6.45, 7) is 9.82. The molecule has 1 nitrogen and oxygen atoms in total. The summed E-state index contributed by atoms with van der Waals surface area (Å²) in [6, 6.07) is 0. The number of hydrogen-bond donors (Lipinski definition) is 0. The molecule has 0 aromatic heterocycles. The van der Waals surface area contributed by atoms with E-state index in [-0.39, 0.29) is 6.10 Å². The fraction of sp³-hybridized carbons (Fsp3) is 0.600. The van der Waals surface area contributed by atoms with E-state index in [4.69, 9.17) is 4.74 Å². The molecule has 0 unspecified atom stereocenters. The first-order valence-corrected chi connectivity index (χ1v) is 4.22. The standard InChI is InChI=1S/C10H16O/c1-4-6-10-8(3)7-9(5-2)11-10/h4,9-10H,1,3,5-7H2,2H3/t9-,10-/m0/s1. The van der Waals surface area contributed by atoms with E-state index in [9.17, 15) is 0 Å². The van der Waals surface area contributed by atoms with Crippen molar-refractivity contribution in [3.63, 3.8) is 0 Å². The molecule has 0 aromatic carbocycles. The Hall–Kier alpha value is -0.560. The Balaban J connectivity index is 2.44. The maximum absolute atomic E-state index is 5.69. The normalized spacial score (nSPS) is 30.8. The molecule has 0 saturated carbocycles. The van der Waals surface area contributed by atoms with Crippen molar-refractivity contribution >= 4 is 0 Å². The minimum Gasteiger partial charge on any atom is -0.370 e. The molecule has 0 bridgehead atoms. The molecule has 0 aliphatic carbocycles. The highest BCUT2D eigenvalue weighted by molar-refractivity contribution is 5.10. The van der Waals surface area contributed by atoms with Crippen molar-refractivity contribution in [3.8, 4) is 0 Å². The van der Waals surface area contributed by atoms with Gasteiger partial charge in [-0.15, -0.1) is 6.58 Å². The first kappa shape index (κ1) is 8.54. The predicted molar refractivity (Wildman–Crippen MR) is 47.5 cm³/mol. The zero-order valence-corrected chi connectivity index (χ0v) is 7.18. The molecule has 1 aliphatic heterocycles. The second-order valence-corrected chi connectivity index (χ2v) is 3.04. The zero-order chi connectivity index (χ0) is 8.27. The van der Waals surface area contributed by atoms with Gasteiger partial charge in [-0.05, 0) is 24.8 Å². The summed E-state index contributed by atoms with van der Waals surface area (Å²) >= 11 is 0. The van der Waals surface area contributed by atoms with E-state index in [1.165, 1.54) is 5.57 Å². The van der Waals surface area contributed by atoms with Gasteiger partial charge in [0.05, 0.1) is 12.2 Å². The second kappa shape index (κ2) is 3.72. The molecule has 0 N–H and O–H groups in total. The molecule has 1 heteroatoms. The average molecular weight is 152 g/mol. The van der Waals surface area contributed by atoms with Crippen LogP contribution < -0.4 is 0 Å². The molecule has 1 aliphatic rings. The Bertz CT molecular complexity index is 160. The summed E-state index contributed by atoms with van der Waals surface area (Å²) < 4.78 is 5.69. The third kappa shape index (κ3) is 1.93. The largest absolute Gasteiger partial charge is 0.370 e. The topological polar surface area (TPSA) is 9.23 Å². The molecule has 0 spiro atoms. The van der Waals surface area contributed by atoms with Gasteiger partial charge in [0.1, 0.15) is 0 Å². The van der Waals surface area contributed by atoms with Crippen molar-refractivity contribution in [1.82, 2.24) is 0 Å². The summed E-state index contributed by atoms with van der Waals surface area (Å²) in [5, 5.41) is 0. The van der Waals surface area contributed by atoms with E-state index in [1.807, 2.05) is 6.08 Å². The van der Waals surface area contributed by atoms with Gasteiger partial charge in [-0.2, -0.15) is 0 Å². The molecule has 2 atom stereocenters. The quantitative estimate of drug-likeness (QED) is 0.565. The minimum absolute atomic E-state index is 0.248. The Morgan fingerprint density at radius 1 is 1.73 bits per heavy atom. The Labute approximate surface area is 68.8 Å². The van der Waals surface area contributed by atoms with Crippen molar-refractivity contribution < 1.29 is 4.74 Å². The van der Waals surface area contributed by atoms with Crippen molar-refractivity contribution in [3.05, 3.63) is 24.8 Å². The summed E-state index contributed by atoms with van der Waals surface area (Å²) in [6.07, 6.45) is 5.59. The lowest BCUT2D eigenvalue weighted by atomic mass is 10.1. The molecule has 0 aromatic rings. The summed E-state index contributed by atoms with van der Waals surface area (Å²) in [5.41, 5.74) is 1.23. The van der Waals surface area contributed by atoms with Gasteiger partial charge in [0.25, 0.3) is 0 Å². The number of ether oxygens (including phenoxy) is 1. The van der Waals surface area contributed by atoms with Crippen molar-refractivity contribution in [2.45, 2.75) is 38.4 Å². The van der Waals surface area contributed by atoms with Crippen LogP contribution >= 0.6 is 0 Å². The van der Waals surface area contributed by atoms with Crippen molar-refractivity contribution in [2.24, 2.45) is 0 Å². The fourth-order valence-corrected chi connectivity index (χ4v) is 1.41. The van der Waals surface area contributed by atoms with Crippen LogP contribution in [0, 0.1) is 0 Å². The van der Waals surface area contributed by atoms with Crippen LogP contribution in [0.25, 0.3) is 0 Å². The number of rotatable bonds is 3. The zero-order valence-electron chi connectivity index (χ0n) is 7.18. The van der Waals surface area contributed by atoms with Crippen LogP contribution in [0.5, 0.6) is 0 Å². The first-order chi connectivity index (χ1) is 5.27.